The van der Waals surface area contributed by atoms with Gasteiger partial charge in [-0.1, -0.05) is 64.1 Å². The molecule has 0 radical (unpaired) electrons. The van der Waals surface area contributed by atoms with E-state index in [0.29, 0.717) is 64.6 Å². The molecule has 19 nitrogen and oxygen atoms in total. The Kier molecular flexibility index (Phi) is 19.0. The van der Waals surface area contributed by atoms with E-state index in [9.17, 15) is 24.3 Å². The van der Waals surface area contributed by atoms with Crippen LogP contribution < -0.4 is 25.4 Å². The zero-order valence-electron chi connectivity index (χ0n) is 51.4. The van der Waals surface area contributed by atoms with Crippen molar-refractivity contribution in [1.82, 2.24) is 49.7 Å². The first-order valence-corrected chi connectivity index (χ1v) is 30.4. The second kappa shape index (κ2) is 27.1. The standard InChI is InChI=1S/C37H45N7O3.C31H33N5O4/c1-6-23-10-8-11-24(7-2)29(23)21-31(45)34-28-13-9-12-26-22-38-37(41-33(26)35(28)44(4)42-34)40-30-15-14-25(20-32(30)47-5)36(46)39-27-16-18-43(3)19-17-27;1-5-18-9-7-10-19(6-2)23(18)16-25(37)28-22-12-8-11-21-17-32-31(34-27(21)29(22)36(3)35-28)33-24-14-13-20(30(38)39)15-26(24)40-4/h8,10-11,14-15,20,22,27H,6-7,9,12-13,16-19,21H2,1-5H3,(H,39,46)(H,38,40,41);7,9-10,13-15,17H,5-6,8,11-12,16H2,1-4H3,(H,38,39)(H,32,33,34). The lowest BCUT2D eigenvalue weighted by Gasteiger charge is -2.29. The van der Waals surface area contributed by atoms with Gasteiger partial charge in [0.15, 0.2) is 11.6 Å². The maximum Gasteiger partial charge on any atom is 0.335 e. The number of piperidine rings is 1. The number of carboxylic acid groups (broad SMARTS) is 1. The van der Waals surface area contributed by atoms with E-state index in [1.807, 2.05) is 26.4 Å². The summed E-state index contributed by atoms with van der Waals surface area (Å²) in [4.78, 5) is 73.2. The number of benzene rings is 4. The number of carbonyl (C=O) groups is 4. The average Bonchev–Trinajstić information content (AvgIpc) is 1.82. The number of nitrogens with zero attached hydrogens (tertiary/aromatic N) is 9. The first-order valence-electron chi connectivity index (χ1n) is 30.4. The Labute approximate surface area is 508 Å². The number of carboxylic acids is 1. The minimum atomic E-state index is -1.04. The van der Waals surface area contributed by atoms with Gasteiger partial charge in [0.2, 0.25) is 11.9 Å². The number of Topliss-reactive ketones (excluding diaryl/α,β-unsaturated/α-hetero) is 2. The predicted molar refractivity (Wildman–Crippen MR) is 336 cm³/mol. The van der Waals surface area contributed by atoms with Gasteiger partial charge < -0.3 is 35.4 Å². The number of anilines is 4. The Bertz CT molecular complexity index is 3850. The highest BCUT2D eigenvalue weighted by atomic mass is 16.5. The summed E-state index contributed by atoms with van der Waals surface area (Å²) in [5, 5.41) is 28.4. The van der Waals surface area contributed by atoms with Gasteiger partial charge >= 0.3 is 5.97 Å². The molecule has 4 N–H and O–H groups in total. The number of carbonyl (C=O) groups excluding carboxylic acids is 3. The van der Waals surface area contributed by atoms with Crippen molar-refractivity contribution >= 4 is 46.7 Å². The SMILES string of the molecule is CCc1cccc(CC)c1CC(=O)c1nn(C)c2c1CCCc1cnc(Nc3ccc(C(=O)NC4CCN(C)CC4)cc3OC)nc1-2.CCc1cccc(CC)c1CC(=O)c1nn(C)c2c1CCCc1cnc(Nc3ccc(C(=O)O)cc3OC)nc1-2. The minimum absolute atomic E-state index is 0.0200. The number of aromatic carboxylic acids is 1. The van der Waals surface area contributed by atoms with Crippen molar-refractivity contribution in [2.75, 3.05) is 45.0 Å². The molecule has 4 aromatic heterocycles. The van der Waals surface area contributed by atoms with Crippen molar-refractivity contribution in [3.05, 3.63) is 163 Å². The van der Waals surface area contributed by atoms with Gasteiger partial charge in [0.1, 0.15) is 22.9 Å². The summed E-state index contributed by atoms with van der Waals surface area (Å²) >= 11 is 0. The molecule has 87 heavy (non-hydrogen) atoms. The molecule has 1 amide bonds. The molecule has 1 aliphatic heterocycles. The van der Waals surface area contributed by atoms with Crippen molar-refractivity contribution in [2.24, 2.45) is 14.1 Å². The predicted octanol–water partition coefficient (Wildman–Crippen LogP) is 10.9. The van der Waals surface area contributed by atoms with Crippen molar-refractivity contribution in [3.8, 4) is 34.3 Å². The first-order chi connectivity index (χ1) is 42.1. The van der Waals surface area contributed by atoms with Crippen LogP contribution in [0.3, 0.4) is 0 Å². The van der Waals surface area contributed by atoms with Gasteiger partial charge in [-0.25, -0.2) is 24.7 Å². The van der Waals surface area contributed by atoms with Crippen molar-refractivity contribution in [3.63, 3.8) is 0 Å². The highest BCUT2D eigenvalue weighted by Gasteiger charge is 2.31. The molecule has 11 rings (SSSR count). The van der Waals surface area contributed by atoms with Gasteiger partial charge in [-0.05, 0) is 178 Å². The maximum atomic E-state index is 13.9. The van der Waals surface area contributed by atoms with E-state index in [1.54, 1.807) is 40.9 Å². The number of fused-ring (bicyclic) bond motifs is 6. The zero-order valence-corrected chi connectivity index (χ0v) is 51.4. The van der Waals surface area contributed by atoms with Crippen LogP contribution in [0.15, 0.2) is 85.2 Å². The fourth-order valence-electron chi connectivity index (χ4n) is 12.4. The van der Waals surface area contributed by atoms with Crippen LogP contribution in [0.4, 0.5) is 23.3 Å². The Morgan fingerprint density at radius 3 is 1.43 bits per heavy atom. The molecule has 0 unspecified atom stereocenters. The zero-order chi connectivity index (χ0) is 61.5. The molecule has 0 bridgehead atoms. The summed E-state index contributed by atoms with van der Waals surface area (Å²) in [6, 6.07) is 22.7. The number of aromatic nitrogens is 8. The molecule has 0 saturated carbocycles. The van der Waals surface area contributed by atoms with Gasteiger partial charge in [0.25, 0.3) is 5.91 Å². The Hall–Kier alpha value is -9.10. The van der Waals surface area contributed by atoms with Crippen LogP contribution in [0.5, 0.6) is 11.5 Å². The molecule has 1 fully saturated rings. The van der Waals surface area contributed by atoms with E-state index in [-0.39, 0.29) is 29.1 Å². The van der Waals surface area contributed by atoms with Gasteiger partial charge in [0.05, 0.1) is 53.9 Å². The van der Waals surface area contributed by atoms with Crippen LogP contribution in [-0.2, 0) is 78.3 Å². The molecule has 5 heterocycles. The Morgan fingerprint density at radius 1 is 0.586 bits per heavy atom. The van der Waals surface area contributed by atoms with E-state index >= 15 is 0 Å². The highest BCUT2D eigenvalue weighted by Crippen LogP contribution is 2.38. The summed E-state index contributed by atoms with van der Waals surface area (Å²) in [7, 11) is 8.90. The van der Waals surface area contributed by atoms with Crippen molar-refractivity contribution < 1.29 is 33.8 Å². The number of amides is 1. The van der Waals surface area contributed by atoms with Crippen LogP contribution in [0.25, 0.3) is 22.8 Å². The largest absolute Gasteiger partial charge is 0.495 e. The lowest BCUT2D eigenvalue weighted by molar-refractivity contribution is 0.0695. The molecular formula is C68H78N12O7. The third-order valence-electron chi connectivity index (χ3n) is 17.1. The van der Waals surface area contributed by atoms with E-state index in [2.05, 4.69) is 102 Å². The maximum absolute atomic E-state index is 13.9. The third kappa shape index (κ3) is 13.2. The summed E-state index contributed by atoms with van der Waals surface area (Å²) in [5.74, 6) is 0.542. The molecule has 0 spiro atoms. The van der Waals surface area contributed by atoms with Crippen LogP contribution >= 0.6 is 0 Å². The van der Waals surface area contributed by atoms with E-state index in [0.717, 1.165) is 146 Å². The molecule has 8 aromatic rings. The second-order valence-electron chi connectivity index (χ2n) is 22.6. The lowest BCUT2D eigenvalue weighted by Crippen LogP contribution is -2.43. The molecular weight excluding hydrogens is 1100 g/mol. The third-order valence-corrected chi connectivity index (χ3v) is 17.1. The van der Waals surface area contributed by atoms with Crippen LogP contribution in [0.2, 0.25) is 0 Å². The molecule has 2 aliphatic carbocycles. The number of hydrogen-bond acceptors (Lipinski definition) is 15. The Morgan fingerprint density at radius 2 is 1.01 bits per heavy atom. The summed E-state index contributed by atoms with van der Waals surface area (Å²) in [6.45, 7) is 10.5. The smallest absolute Gasteiger partial charge is 0.335 e. The molecule has 1 saturated heterocycles. The van der Waals surface area contributed by atoms with Crippen molar-refractivity contribution in [2.45, 2.75) is 124 Å². The summed E-state index contributed by atoms with van der Waals surface area (Å²) in [5.41, 5.74) is 17.1. The fourth-order valence-corrected chi connectivity index (χ4v) is 12.4. The van der Waals surface area contributed by atoms with Crippen LogP contribution in [-0.4, -0.2) is 113 Å². The molecule has 4 aromatic carbocycles. The minimum Gasteiger partial charge on any atom is -0.495 e. The number of rotatable bonds is 19. The molecule has 452 valence electrons. The molecule has 3 aliphatic rings. The summed E-state index contributed by atoms with van der Waals surface area (Å²) < 4.78 is 14.6. The normalized spacial score (nSPS) is 13.8. The number of likely N-dealkylation sites (tertiary alicyclic amines) is 1. The van der Waals surface area contributed by atoms with E-state index in [1.165, 1.54) is 41.5 Å². The first kappa shape index (κ1) is 61.0. The number of aryl methyl sites for hydroxylation is 8. The lowest BCUT2D eigenvalue weighted by atomic mass is 9.92. The number of nitrogens with one attached hydrogen (secondary N) is 3. The monoisotopic (exact) mass is 1170 g/mol. The van der Waals surface area contributed by atoms with Crippen LogP contribution in [0, 0.1) is 0 Å². The number of ketones is 2. The number of hydrogen-bond donors (Lipinski definition) is 4. The topological polar surface area (TPSA) is 234 Å². The number of ether oxygens (including phenoxy) is 2. The fraction of sp³-hybridized carbons (Fsp3) is 0.382. The van der Waals surface area contributed by atoms with Crippen LogP contribution in [0.1, 0.15) is 151 Å². The van der Waals surface area contributed by atoms with Crippen molar-refractivity contribution in [1.29, 1.82) is 0 Å². The quantitative estimate of drug-likeness (QED) is 0.0551. The van der Waals surface area contributed by atoms with Gasteiger partial charge in [0, 0.05) is 62.1 Å². The van der Waals surface area contributed by atoms with Gasteiger partial charge in [-0.3, -0.25) is 23.7 Å². The van der Waals surface area contributed by atoms with E-state index in [4.69, 9.17) is 29.6 Å². The average molecular weight is 1180 g/mol. The number of methoxy groups -OCH3 is 2. The Balaban J connectivity index is 0.000000195. The van der Waals surface area contributed by atoms with E-state index < -0.39 is 5.97 Å². The van der Waals surface area contributed by atoms with Gasteiger partial charge in [-0.2, -0.15) is 10.2 Å². The van der Waals surface area contributed by atoms with Gasteiger partial charge in [-0.15, -0.1) is 0 Å². The molecule has 0 atom stereocenters. The summed E-state index contributed by atoms with van der Waals surface area (Å²) in [6.07, 6.45) is 14.5. The second-order valence-corrected chi connectivity index (χ2v) is 22.6. The highest BCUT2D eigenvalue weighted by molar-refractivity contribution is 6.00. The molecule has 19 heteroatoms.